The van der Waals surface area contributed by atoms with Gasteiger partial charge in [-0.2, -0.15) is 4.98 Å². The minimum atomic E-state index is -3.86. The molecule has 3 aromatic rings. The second-order valence-corrected chi connectivity index (χ2v) is 8.35. The average Bonchev–Trinajstić information content (AvgIpc) is 3.17. The van der Waals surface area contributed by atoms with Gasteiger partial charge in [0.05, 0.1) is 14.2 Å². The van der Waals surface area contributed by atoms with Crippen LogP contribution in [0, 0.1) is 0 Å². The zero-order valence-electron chi connectivity index (χ0n) is 16.7. The Labute approximate surface area is 169 Å². The minimum absolute atomic E-state index is 0.00330. The Hall–Kier alpha value is -3.07. The minimum Gasteiger partial charge on any atom is -0.497 e. The highest BCUT2D eigenvalue weighted by Gasteiger charge is 2.21. The maximum absolute atomic E-state index is 12.8. The summed E-state index contributed by atoms with van der Waals surface area (Å²) in [6.07, 6.45) is 0.493. The Morgan fingerprint density at radius 2 is 1.79 bits per heavy atom. The largest absolute Gasteiger partial charge is 0.497 e. The third-order valence-electron chi connectivity index (χ3n) is 4.21. The van der Waals surface area contributed by atoms with Crippen LogP contribution in [0.5, 0.6) is 11.5 Å². The van der Waals surface area contributed by atoms with Crippen molar-refractivity contribution in [1.82, 2.24) is 10.1 Å². The number of methoxy groups -OCH3 is 2. The molecule has 0 atom stereocenters. The number of aromatic nitrogens is 2. The first-order valence-corrected chi connectivity index (χ1v) is 10.5. The lowest BCUT2D eigenvalue weighted by Gasteiger charge is -2.13. The third-order valence-corrected chi connectivity index (χ3v) is 5.61. The number of hydrogen-bond donors (Lipinski definition) is 1. The van der Waals surface area contributed by atoms with Gasteiger partial charge in [-0.15, -0.1) is 0 Å². The molecule has 3 rings (SSSR count). The van der Waals surface area contributed by atoms with Crippen molar-refractivity contribution in [3.8, 4) is 11.5 Å². The van der Waals surface area contributed by atoms with Gasteiger partial charge in [-0.3, -0.25) is 4.72 Å². The van der Waals surface area contributed by atoms with E-state index in [1.54, 1.807) is 24.3 Å². The van der Waals surface area contributed by atoms with Gasteiger partial charge in [0.2, 0.25) is 5.89 Å². The second kappa shape index (κ2) is 8.52. The molecule has 2 aromatic carbocycles. The van der Waals surface area contributed by atoms with E-state index in [9.17, 15) is 8.42 Å². The van der Waals surface area contributed by atoms with E-state index in [2.05, 4.69) is 14.9 Å². The predicted octanol–water partition coefficient (Wildman–Crippen LogP) is 3.60. The van der Waals surface area contributed by atoms with E-state index in [4.69, 9.17) is 14.0 Å². The summed E-state index contributed by atoms with van der Waals surface area (Å²) < 4.78 is 43.7. The molecule has 0 unspecified atom stereocenters. The first-order valence-electron chi connectivity index (χ1n) is 8.98. The highest BCUT2D eigenvalue weighted by Crippen LogP contribution is 2.29. The molecule has 0 fully saturated rings. The van der Waals surface area contributed by atoms with Gasteiger partial charge < -0.3 is 14.0 Å². The van der Waals surface area contributed by atoms with Crippen LogP contribution in [-0.2, 0) is 16.4 Å². The molecule has 0 saturated carbocycles. The topological polar surface area (TPSA) is 104 Å². The van der Waals surface area contributed by atoms with Crippen molar-refractivity contribution in [3.05, 3.63) is 59.7 Å². The summed E-state index contributed by atoms with van der Waals surface area (Å²) in [5.41, 5.74) is 1.36. The molecule has 1 aromatic heterocycles. The fourth-order valence-corrected chi connectivity index (χ4v) is 3.90. The van der Waals surface area contributed by atoms with E-state index in [-0.39, 0.29) is 16.6 Å². The zero-order valence-corrected chi connectivity index (χ0v) is 17.5. The van der Waals surface area contributed by atoms with E-state index in [0.29, 0.717) is 29.6 Å². The fourth-order valence-electron chi connectivity index (χ4n) is 2.65. The Morgan fingerprint density at radius 1 is 1.07 bits per heavy atom. The van der Waals surface area contributed by atoms with Gasteiger partial charge in [-0.25, -0.2) is 8.42 Å². The standard InChI is InChI=1S/C20H23N3O5S/c1-13(2)20-21-19(22-28-20)11-14-5-7-15(8-6-14)23-29(24,25)18-12-16(26-3)9-10-17(18)27-4/h5-10,12-13,23H,11H2,1-4H3. The van der Waals surface area contributed by atoms with Crippen LogP contribution >= 0.6 is 0 Å². The number of nitrogens with zero attached hydrogens (tertiary/aromatic N) is 2. The molecule has 0 amide bonds. The molecule has 1 N–H and O–H groups in total. The van der Waals surface area contributed by atoms with Crippen LogP contribution in [0.2, 0.25) is 0 Å². The van der Waals surface area contributed by atoms with Crippen molar-refractivity contribution in [2.75, 3.05) is 18.9 Å². The van der Waals surface area contributed by atoms with Crippen molar-refractivity contribution in [2.24, 2.45) is 0 Å². The lowest BCUT2D eigenvalue weighted by Crippen LogP contribution is -2.14. The number of sulfonamides is 1. The molecule has 8 nitrogen and oxygen atoms in total. The van der Waals surface area contributed by atoms with E-state index in [1.165, 1.54) is 20.3 Å². The van der Waals surface area contributed by atoms with Crippen LogP contribution < -0.4 is 14.2 Å². The summed E-state index contributed by atoms with van der Waals surface area (Å²) in [6.45, 7) is 3.96. The normalized spacial score (nSPS) is 11.5. The van der Waals surface area contributed by atoms with Gasteiger partial charge in [0.15, 0.2) is 5.82 Å². The first-order chi connectivity index (χ1) is 13.8. The van der Waals surface area contributed by atoms with Gasteiger partial charge in [0.25, 0.3) is 10.0 Å². The fraction of sp³-hybridized carbons (Fsp3) is 0.300. The van der Waals surface area contributed by atoms with Crippen LogP contribution in [0.15, 0.2) is 51.9 Å². The van der Waals surface area contributed by atoms with Gasteiger partial charge in [-0.1, -0.05) is 31.1 Å². The molecule has 0 spiro atoms. The van der Waals surface area contributed by atoms with Gasteiger partial charge in [0, 0.05) is 24.1 Å². The van der Waals surface area contributed by atoms with Crippen molar-refractivity contribution in [1.29, 1.82) is 0 Å². The molecule has 1 heterocycles. The third kappa shape index (κ3) is 4.86. The van der Waals surface area contributed by atoms with Crippen LogP contribution in [0.3, 0.4) is 0 Å². The smallest absolute Gasteiger partial charge is 0.265 e. The summed E-state index contributed by atoms with van der Waals surface area (Å²) >= 11 is 0. The van der Waals surface area contributed by atoms with E-state index in [0.717, 1.165) is 5.56 Å². The monoisotopic (exact) mass is 417 g/mol. The summed E-state index contributed by atoms with van der Waals surface area (Å²) in [7, 11) is -0.976. The second-order valence-electron chi connectivity index (χ2n) is 6.70. The Morgan fingerprint density at radius 3 is 2.38 bits per heavy atom. The average molecular weight is 417 g/mol. The summed E-state index contributed by atoms with van der Waals surface area (Å²) in [5, 5.41) is 3.97. The summed E-state index contributed by atoms with van der Waals surface area (Å²) in [5.74, 6) is 2.00. The molecular weight excluding hydrogens is 394 g/mol. The molecule has 0 bridgehead atoms. The summed E-state index contributed by atoms with van der Waals surface area (Å²) in [6, 6.07) is 11.6. The number of hydrogen-bond acceptors (Lipinski definition) is 7. The maximum atomic E-state index is 12.8. The van der Waals surface area contributed by atoms with Crippen LogP contribution in [0.25, 0.3) is 0 Å². The first kappa shape index (κ1) is 20.7. The highest BCUT2D eigenvalue weighted by molar-refractivity contribution is 7.92. The Kier molecular flexibility index (Phi) is 6.07. The van der Waals surface area contributed by atoms with Crippen LogP contribution in [0.1, 0.15) is 37.0 Å². The highest BCUT2D eigenvalue weighted by atomic mass is 32.2. The zero-order chi connectivity index (χ0) is 21.0. The predicted molar refractivity (Wildman–Crippen MR) is 108 cm³/mol. The molecule has 0 aliphatic heterocycles. The molecule has 0 aliphatic carbocycles. The molecule has 0 saturated heterocycles. The number of nitrogens with one attached hydrogen (secondary N) is 1. The van der Waals surface area contributed by atoms with E-state index in [1.807, 2.05) is 26.0 Å². The number of ether oxygens (including phenoxy) is 2. The molecule has 0 aliphatic rings. The number of rotatable bonds is 8. The lowest BCUT2D eigenvalue weighted by molar-refractivity contribution is 0.361. The van der Waals surface area contributed by atoms with Gasteiger partial charge >= 0.3 is 0 Å². The van der Waals surface area contributed by atoms with Crippen molar-refractivity contribution in [2.45, 2.75) is 31.1 Å². The molecule has 29 heavy (non-hydrogen) atoms. The molecule has 0 radical (unpaired) electrons. The number of benzene rings is 2. The quantitative estimate of drug-likeness (QED) is 0.597. The molecular formula is C20H23N3O5S. The lowest BCUT2D eigenvalue weighted by atomic mass is 10.1. The maximum Gasteiger partial charge on any atom is 0.265 e. The van der Waals surface area contributed by atoms with Crippen molar-refractivity contribution >= 4 is 15.7 Å². The molecule has 154 valence electrons. The SMILES string of the molecule is COc1ccc(OC)c(S(=O)(=O)Nc2ccc(Cc3noc(C(C)C)n3)cc2)c1. The summed E-state index contributed by atoms with van der Waals surface area (Å²) in [4.78, 5) is 4.34. The van der Waals surface area contributed by atoms with Crippen LogP contribution in [-0.4, -0.2) is 32.8 Å². The van der Waals surface area contributed by atoms with Crippen molar-refractivity contribution in [3.63, 3.8) is 0 Å². The van der Waals surface area contributed by atoms with E-state index < -0.39 is 10.0 Å². The van der Waals surface area contributed by atoms with Crippen molar-refractivity contribution < 1.29 is 22.4 Å². The van der Waals surface area contributed by atoms with Gasteiger partial charge in [-0.05, 0) is 29.8 Å². The van der Waals surface area contributed by atoms with Crippen LogP contribution in [0.4, 0.5) is 5.69 Å². The molecule has 9 heteroatoms. The Bertz CT molecular complexity index is 1080. The number of anilines is 1. The van der Waals surface area contributed by atoms with E-state index >= 15 is 0 Å². The van der Waals surface area contributed by atoms with Gasteiger partial charge in [0.1, 0.15) is 16.4 Å². The Balaban J connectivity index is 1.76.